The Kier molecular flexibility index (Phi) is 2.93. The summed E-state index contributed by atoms with van der Waals surface area (Å²) in [6.07, 6.45) is 5.03. The monoisotopic (exact) mass is 206 g/mol. The Hall–Kier alpha value is -0.750. The molecular weight excluding hydrogens is 192 g/mol. The Balaban J connectivity index is 2.24. The molecule has 1 aliphatic carbocycles. The number of benzene rings is 1. The zero-order valence-electron chi connectivity index (χ0n) is 8.30. The van der Waals surface area contributed by atoms with Gasteiger partial charge in [-0.1, -0.05) is 42.3 Å². The van der Waals surface area contributed by atoms with Gasteiger partial charge in [-0.25, -0.2) is 0 Å². The summed E-state index contributed by atoms with van der Waals surface area (Å²) in [4.78, 5) is 0. The van der Waals surface area contributed by atoms with Crippen LogP contribution in [0.3, 0.4) is 0 Å². The summed E-state index contributed by atoms with van der Waals surface area (Å²) in [6.45, 7) is 4.16. The van der Waals surface area contributed by atoms with Crippen LogP contribution in [0.5, 0.6) is 0 Å². The quantitative estimate of drug-likeness (QED) is 0.592. The first-order valence-corrected chi connectivity index (χ1v) is 5.58. The van der Waals surface area contributed by atoms with E-state index in [1.54, 1.807) is 0 Å². The summed E-state index contributed by atoms with van der Waals surface area (Å²) in [5, 5.41) is 0.834. The Morgan fingerprint density at radius 2 is 2.14 bits per heavy atom. The molecule has 2 rings (SSSR count). The maximum atomic E-state index is 5.98. The van der Waals surface area contributed by atoms with Crippen LogP contribution < -0.4 is 0 Å². The minimum Gasteiger partial charge on any atom is -0.0992 e. The lowest BCUT2D eigenvalue weighted by Crippen LogP contribution is -2.07. The maximum absolute atomic E-state index is 5.98. The third-order valence-electron chi connectivity index (χ3n) is 2.98. The summed E-state index contributed by atoms with van der Waals surface area (Å²) < 4.78 is 0. The van der Waals surface area contributed by atoms with E-state index in [0.717, 1.165) is 5.02 Å². The lowest BCUT2D eigenvalue weighted by atomic mass is 9.81. The van der Waals surface area contributed by atoms with Gasteiger partial charge in [0, 0.05) is 10.9 Å². The van der Waals surface area contributed by atoms with Crippen molar-refractivity contribution in [1.82, 2.24) is 0 Å². The summed E-state index contributed by atoms with van der Waals surface area (Å²) in [5.41, 5.74) is 2.71. The molecule has 1 aromatic rings. The predicted octanol–water partition coefficient (Wildman–Crippen LogP) is 4.55. The second-order valence-corrected chi connectivity index (χ2v) is 4.45. The van der Waals surface area contributed by atoms with Crippen molar-refractivity contribution < 1.29 is 0 Å². The number of hydrogen-bond acceptors (Lipinski definition) is 0. The van der Waals surface area contributed by atoms with Gasteiger partial charge in [0.15, 0.2) is 0 Å². The van der Waals surface area contributed by atoms with Gasteiger partial charge in [-0.2, -0.15) is 0 Å². The van der Waals surface area contributed by atoms with Crippen LogP contribution in [0.25, 0.3) is 0 Å². The zero-order chi connectivity index (χ0) is 9.97. The summed E-state index contributed by atoms with van der Waals surface area (Å²) in [7, 11) is 0. The van der Waals surface area contributed by atoms with E-state index in [-0.39, 0.29) is 0 Å². The molecule has 0 aliphatic heterocycles. The topological polar surface area (TPSA) is 0 Å². The highest BCUT2D eigenvalue weighted by Crippen LogP contribution is 2.36. The van der Waals surface area contributed by atoms with Gasteiger partial charge in [0.05, 0.1) is 0 Å². The summed E-state index contributed by atoms with van der Waals surface area (Å²) >= 11 is 5.98. The summed E-state index contributed by atoms with van der Waals surface area (Å²) in [5.74, 6) is 0.544. The molecule has 14 heavy (non-hydrogen) atoms. The second kappa shape index (κ2) is 4.18. The Morgan fingerprint density at radius 3 is 2.86 bits per heavy atom. The lowest BCUT2D eigenvalue weighted by molar-refractivity contribution is 0.542. The van der Waals surface area contributed by atoms with Crippen LogP contribution in [0.2, 0.25) is 5.02 Å². The Morgan fingerprint density at radius 1 is 1.29 bits per heavy atom. The van der Waals surface area contributed by atoms with Crippen molar-refractivity contribution in [2.45, 2.75) is 31.6 Å². The number of allylic oxidation sites excluding steroid dienone is 1. The molecule has 0 amide bonds. The zero-order valence-corrected chi connectivity index (χ0v) is 9.06. The van der Waals surface area contributed by atoms with Crippen LogP contribution in [0.4, 0.5) is 0 Å². The second-order valence-electron chi connectivity index (χ2n) is 4.01. The molecule has 1 saturated carbocycles. The molecule has 1 aromatic carbocycles. The predicted molar refractivity (Wildman–Crippen MR) is 61.8 cm³/mol. The first kappa shape index (κ1) is 9.79. The molecule has 1 heteroatoms. The van der Waals surface area contributed by atoms with Crippen LogP contribution in [-0.2, 0) is 0 Å². The van der Waals surface area contributed by atoms with Gasteiger partial charge in [-0.3, -0.25) is 0 Å². The van der Waals surface area contributed by atoms with Gasteiger partial charge in [-0.05, 0) is 37.0 Å². The Bertz CT molecular complexity index is 341. The molecule has 0 N–H and O–H groups in total. The van der Waals surface area contributed by atoms with Crippen LogP contribution in [-0.4, -0.2) is 0 Å². The number of hydrogen-bond donors (Lipinski definition) is 0. The van der Waals surface area contributed by atoms with Crippen molar-refractivity contribution >= 4 is 11.6 Å². The van der Waals surface area contributed by atoms with Gasteiger partial charge < -0.3 is 0 Å². The highest BCUT2D eigenvalue weighted by atomic mass is 35.5. The highest BCUT2D eigenvalue weighted by molar-refractivity contribution is 6.30. The van der Waals surface area contributed by atoms with E-state index >= 15 is 0 Å². The smallest absolute Gasteiger partial charge is 0.0408 e. The first-order valence-electron chi connectivity index (χ1n) is 5.20. The standard InChI is InChI=1S/C13H15Cl/c1-10-5-2-3-8-13(10)11-6-4-7-12(14)9-11/h4,6-7,9,13H,1-3,5,8H2. The average Bonchev–Trinajstić information content (AvgIpc) is 2.18. The minimum atomic E-state index is 0.544. The van der Waals surface area contributed by atoms with Crippen LogP contribution in [0.15, 0.2) is 36.4 Å². The molecule has 1 aliphatic rings. The molecule has 0 spiro atoms. The van der Waals surface area contributed by atoms with E-state index in [2.05, 4.69) is 18.7 Å². The van der Waals surface area contributed by atoms with Gasteiger partial charge in [-0.15, -0.1) is 0 Å². The first-order chi connectivity index (χ1) is 6.77. The van der Waals surface area contributed by atoms with E-state index < -0.39 is 0 Å². The lowest BCUT2D eigenvalue weighted by Gasteiger charge is -2.24. The van der Waals surface area contributed by atoms with Crippen molar-refractivity contribution in [2.75, 3.05) is 0 Å². The average molecular weight is 207 g/mol. The fraction of sp³-hybridized carbons (Fsp3) is 0.385. The molecule has 1 fully saturated rings. The normalized spacial score (nSPS) is 22.4. The largest absolute Gasteiger partial charge is 0.0992 e. The van der Waals surface area contributed by atoms with Gasteiger partial charge in [0.2, 0.25) is 0 Å². The fourth-order valence-corrected chi connectivity index (χ4v) is 2.40. The SMILES string of the molecule is C=C1CCCCC1c1cccc(Cl)c1. The molecule has 1 unspecified atom stereocenters. The van der Waals surface area contributed by atoms with Crippen molar-refractivity contribution in [2.24, 2.45) is 0 Å². The molecule has 74 valence electrons. The number of halogens is 1. The van der Waals surface area contributed by atoms with Crippen molar-refractivity contribution in [3.05, 3.63) is 47.0 Å². The Labute approximate surface area is 90.6 Å². The van der Waals surface area contributed by atoms with Crippen molar-refractivity contribution in [3.63, 3.8) is 0 Å². The maximum Gasteiger partial charge on any atom is 0.0408 e. The van der Waals surface area contributed by atoms with E-state index in [9.17, 15) is 0 Å². The van der Waals surface area contributed by atoms with E-state index in [0.29, 0.717) is 5.92 Å². The minimum absolute atomic E-state index is 0.544. The molecular formula is C13H15Cl. The van der Waals surface area contributed by atoms with Crippen LogP contribution in [0, 0.1) is 0 Å². The van der Waals surface area contributed by atoms with E-state index in [1.807, 2.05) is 12.1 Å². The molecule has 0 heterocycles. The molecule has 1 atom stereocenters. The molecule has 0 nitrogen and oxygen atoms in total. The van der Waals surface area contributed by atoms with Crippen LogP contribution >= 0.6 is 11.6 Å². The number of rotatable bonds is 1. The molecule has 0 aromatic heterocycles. The van der Waals surface area contributed by atoms with Crippen molar-refractivity contribution in [1.29, 1.82) is 0 Å². The third-order valence-corrected chi connectivity index (χ3v) is 3.22. The van der Waals surface area contributed by atoms with E-state index in [1.165, 1.54) is 36.8 Å². The van der Waals surface area contributed by atoms with Gasteiger partial charge in [0.1, 0.15) is 0 Å². The van der Waals surface area contributed by atoms with E-state index in [4.69, 9.17) is 11.6 Å². The molecule has 0 saturated heterocycles. The van der Waals surface area contributed by atoms with Gasteiger partial charge in [0.25, 0.3) is 0 Å². The van der Waals surface area contributed by atoms with Gasteiger partial charge >= 0.3 is 0 Å². The highest BCUT2D eigenvalue weighted by Gasteiger charge is 2.18. The molecule has 0 radical (unpaired) electrons. The van der Waals surface area contributed by atoms with Crippen LogP contribution in [0.1, 0.15) is 37.2 Å². The summed E-state index contributed by atoms with van der Waals surface area (Å²) in [6, 6.07) is 8.19. The third kappa shape index (κ3) is 2.01. The molecule has 0 bridgehead atoms. The fourth-order valence-electron chi connectivity index (χ4n) is 2.20. The van der Waals surface area contributed by atoms with Crippen molar-refractivity contribution in [3.8, 4) is 0 Å².